The molecule has 164 valence electrons. The van der Waals surface area contributed by atoms with E-state index in [-0.39, 0.29) is 30.2 Å². The van der Waals surface area contributed by atoms with Gasteiger partial charge in [0.05, 0.1) is 20.2 Å². The van der Waals surface area contributed by atoms with Gasteiger partial charge >= 0.3 is 5.69 Å². The van der Waals surface area contributed by atoms with E-state index in [4.69, 9.17) is 16.3 Å². The zero-order valence-corrected chi connectivity index (χ0v) is 18.6. The number of methoxy groups -OCH3 is 1. The topological polar surface area (TPSA) is 95.8 Å². The molecule has 4 aromatic rings. The predicted molar refractivity (Wildman–Crippen MR) is 122 cm³/mol. The molecule has 0 N–H and O–H groups in total. The van der Waals surface area contributed by atoms with Crippen molar-refractivity contribution < 1.29 is 4.74 Å². The van der Waals surface area contributed by atoms with Gasteiger partial charge in [0.25, 0.3) is 11.5 Å². The largest absolute Gasteiger partial charge is 0.496 e. The first kappa shape index (κ1) is 21.5. The number of halogens is 1. The molecule has 32 heavy (non-hydrogen) atoms. The minimum Gasteiger partial charge on any atom is -0.496 e. The van der Waals surface area contributed by atoms with Crippen molar-refractivity contribution in [1.29, 1.82) is 0 Å². The molecule has 0 aliphatic heterocycles. The summed E-state index contributed by atoms with van der Waals surface area (Å²) in [5.41, 5.74) is 1.19. The Morgan fingerprint density at radius 2 is 1.69 bits per heavy atom. The third-order valence-electron chi connectivity index (χ3n) is 5.21. The minimum absolute atomic E-state index is 0.202. The fourth-order valence-electron chi connectivity index (χ4n) is 3.47. The van der Waals surface area contributed by atoms with Gasteiger partial charge in [0, 0.05) is 24.7 Å². The molecule has 0 atom stereocenters. The normalized spacial score (nSPS) is 11.5. The van der Waals surface area contributed by atoms with Gasteiger partial charge < -0.3 is 4.74 Å². The summed E-state index contributed by atoms with van der Waals surface area (Å²) in [4.78, 5) is 29.8. The summed E-state index contributed by atoms with van der Waals surface area (Å²) in [7, 11) is 4.59. The maximum absolute atomic E-state index is 13.0. The van der Waals surface area contributed by atoms with Crippen molar-refractivity contribution in [1.82, 2.24) is 18.7 Å². The summed E-state index contributed by atoms with van der Waals surface area (Å²) in [6.07, 6.45) is 0. The third kappa shape index (κ3) is 3.82. The molecule has 0 aliphatic rings. The van der Waals surface area contributed by atoms with Crippen LogP contribution in [-0.4, -0.2) is 25.8 Å². The van der Waals surface area contributed by atoms with E-state index in [1.807, 2.05) is 42.5 Å². The number of rotatable bonds is 6. The highest BCUT2D eigenvalue weighted by Gasteiger charge is 2.20. The van der Waals surface area contributed by atoms with Gasteiger partial charge in [-0.2, -0.15) is 10.1 Å². The Labute approximate surface area is 188 Å². The van der Waals surface area contributed by atoms with Crippen LogP contribution in [0.2, 0.25) is 5.02 Å². The number of hydrogen-bond donors (Lipinski definition) is 0. The smallest absolute Gasteiger partial charge is 0.332 e. The summed E-state index contributed by atoms with van der Waals surface area (Å²) < 4.78 is 9.34. The van der Waals surface area contributed by atoms with E-state index in [2.05, 4.69) is 15.2 Å². The number of fused-ring (bicyclic) bond motifs is 1. The Hall–Kier alpha value is -3.72. The molecule has 0 spiro atoms. The molecule has 0 saturated carbocycles. The zero-order chi connectivity index (χ0) is 22.8. The fraction of sp³-hybridized carbons (Fsp3) is 0.227. The van der Waals surface area contributed by atoms with Crippen LogP contribution in [-0.2, 0) is 27.2 Å². The molecule has 0 radical (unpaired) electrons. The van der Waals surface area contributed by atoms with E-state index >= 15 is 0 Å². The number of hydrogen-bond acceptors (Lipinski definition) is 6. The highest BCUT2D eigenvalue weighted by molar-refractivity contribution is 6.31. The van der Waals surface area contributed by atoms with E-state index in [0.29, 0.717) is 10.8 Å². The second-order valence-electron chi connectivity index (χ2n) is 7.18. The van der Waals surface area contributed by atoms with Gasteiger partial charge in [-0.15, -0.1) is 5.11 Å². The van der Waals surface area contributed by atoms with Crippen LogP contribution in [0.3, 0.4) is 0 Å². The molecule has 0 aliphatic carbocycles. The third-order valence-corrected chi connectivity index (χ3v) is 5.58. The molecule has 0 amide bonds. The molecule has 0 unspecified atom stereocenters. The Morgan fingerprint density at radius 1 is 1.00 bits per heavy atom. The van der Waals surface area contributed by atoms with Crippen LogP contribution in [0, 0.1) is 0 Å². The molecule has 0 bridgehead atoms. The second-order valence-corrected chi connectivity index (χ2v) is 7.59. The van der Waals surface area contributed by atoms with E-state index in [9.17, 15) is 9.59 Å². The summed E-state index contributed by atoms with van der Waals surface area (Å²) in [6, 6.07) is 14.8. The summed E-state index contributed by atoms with van der Waals surface area (Å²) in [6.45, 7) is 0.503. The molecule has 4 rings (SSSR count). The average Bonchev–Trinajstić information content (AvgIpc) is 3.16. The number of imidazole rings is 1. The fourth-order valence-corrected chi connectivity index (χ4v) is 3.66. The maximum atomic E-state index is 13.0. The lowest BCUT2D eigenvalue weighted by molar-refractivity contribution is 0.409. The van der Waals surface area contributed by atoms with Crippen LogP contribution >= 0.6 is 11.6 Å². The Kier molecular flexibility index (Phi) is 5.91. The van der Waals surface area contributed by atoms with Crippen LogP contribution in [0.4, 0.5) is 5.95 Å². The van der Waals surface area contributed by atoms with Gasteiger partial charge in [-0.1, -0.05) is 48.0 Å². The molecule has 2 aromatic heterocycles. The number of aryl methyl sites for hydroxylation is 1. The molecular weight excluding hydrogens is 432 g/mol. The number of para-hydroxylation sites is 1. The number of azo groups is 1. The van der Waals surface area contributed by atoms with Gasteiger partial charge in [0.2, 0.25) is 0 Å². The first-order valence-electron chi connectivity index (χ1n) is 9.81. The SMILES string of the molecule is COc1ccccc1CN=Nc1nc2c(c(=O)n(C)c(=O)n2C)n1Cc1ccccc1Cl. The van der Waals surface area contributed by atoms with E-state index in [1.165, 1.54) is 11.6 Å². The zero-order valence-electron chi connectivity index (χ0n) is 17.8. The maximum Gasteiger partial charge on any atom is 0.332 e. The molecule has 0 saturated heterocycles. The van der Waals surface area contributed by atoms with Gasteiger partial charge in [0.15, 0.2) is 11.2 Å². The lowest BCUT2D eigenvalue weighted by Crippen LogP contribution is -2.37. The lowest BCUT2D eigenvalue weighted by atomic mass is 10.2. The van der Waals surface area contributed by atoms with E-state index in [1.54, 1.807) is 24.8 Å². The molecule has 10 heteroatoms. The van der Waals surface area contributed by atoms with Gasteiger partial charge in [-0.05, 0) is 17.7 Å². The van der Waals surface area contributed by atoms with E-state index in [0.717, 1.165) is 15.7 Å². The average molecular weight is 453 g/mol. The number of aromatic nitrogens is 4. The van der Waals surface area contributed by atoms with Crippen LogP contribution in [0.15, 0.2) is 68.3 Å². The molecular formula is C22H21ClN6O3. The standard InChI is InChI=1S/C22H21ClN6O3/c1-27-19-18(20(30)28(2)22(27)31)29(13-15-9-4-6-10-16(15)23)21(25-19)26-24-12-14-8-5-7-11-17(14)32-3/h4-11H,12-13H2,1-3H3. The highest BCUT2D eigenvalue weighted by atomic mass is 35.5. The van der Waals surface area contributed by atoms with Crippen molar-refractivity contribution in [3.63, 3.8) is 0 Å². The van der Waals surface area contributed by atoms with Crippen molar-refractivity contribution in [2.24, 2.45) is 24.3 Å². The van der Waals surface area contributed by atoms with Crippen LogP contribution < -0.4 is 16.0 Å². The van der Waals surface area contributed by atoms with Gasteiger partial charge in [-0.3, -0.25) is 18.5 Å². The van der Waals surface area contributed by atoms with Crippen molar-refractivity contribution in [2.45, 2.75) is 13.1 Å². The van der Waals surface area contributed by atoms with Crippen LogP contribution in [0.25, 0.3) is 11.2 Å². The van der Waals surface area contributed by atoms with Crippen LogP contribution in [0.1, 0.15) is 11.1 Å². The van der Waals surface area contributed by atoms with Crippen molar-refractivity contribution in [2.75, 3.05) is 7.11 Å². The number of nitrogens with zero attached hydrogens (tertiary/aromatic N) is 6. The summed E-state index contributed by atoms with van der Waals surface area (Å²) in [5.74, 6) is 0.903. The number of benzene rings is 2. The Morgan fingerprint density at radius 3 is 2.41 bits per heavy atom. The first-order chi connectivity index (χ1) is 15.4. The Balaban J connectivity index is 1.85. The Bertz CT molecular complexity index is 1450. The molecule has 2 aromatic carbocycles. The van der Waals surface area contributed by atoms with Crippen LogP contribution in [0.5, 0.6) is 5.75 Å². The summed E-state index contributed by atoms with van der Waals surface area (Å²) in [5, 5.41) is 9.12. The second kappa shape index (κ2) is 8.80. The summed E-state index contributed by atoms with van der Waals surface area (Å²) >= 11 is 6.35. The first-order valence-corrected chi connectivity index (χ1v) is 10.2. The molecule has 2 heterocycles. The van der Waals surface area contributed by atoms with E-state index < -0.39 is 11.2 Å². The predicted octanol–water partition coefficient (Wildman–Crippen LogP) is 3.43. The number of ether oxygens (including phenoxy) is 1. The van der Waals surface area contributed by atoms with Gasteiger partial charge in [0.1, 0.15) is 5.75 Å². The molecule has 0 fully saturated rings. The monoisotopic (exact) mass is 452 g/mol. The minimum atomic E-state index is -0.470. The van der Waals surface area contributed by atoms with Crippen molar-refractivity contribution in [3.8, 4) is 5.75 Å². The molecule has 9 nitrogen and oxygen atoms in total. The van der Waals surface area contributed by atoms with Crippen molar-refractivity contribution >= 4 is 28.7 Å². The highest BCUT2D eigenvalue weighted by Crippen LogP contribution is 2.24. The lowest BCUT2D eigenvalue weighted by Gasteiger charge is -2.09. The quantitative estimate of drug-likeness (QED) is 0.419. The van der Waals surface area contributed by atoms with Gasteiger partial charge in [-0.25, -0.2) is 4.79 Å². The van der Waals surface area contributed by atoms with Crippen molar-refractivity contribution in [3.05, 3.63) is 85.5 Å².